The van der Waals surface area contributed by atoms with Gasteiger partial charge in [-0.25, -0.2) is 4.98 Å². The minimum atomic E-state index is -0.418. The van der Waals surface area contributed by atoms with Crippen LogP contribution in [0.1, 0.15) is 26.3 Å². The number of aromatic nitrogens is 1. The van der Waals surface area contributed by atoms with Gasteiger partial charge in [-0.2, -0.15) is 0 Å². The minimum absolute atomic E-state index is 0.289. The van der Waals surface area contributed by atoms with Crippen LogP contribution in [-0.4, -0.2) is 55.7 Å². The van der Waals surface area contributed by atoms with Crippen molar-refractivity contribution in [1.82, 2.24) is 9.88 Å². The third-order valence-corrected chi connectivity index (χ3v) is 5.07. The fourth-order valence-corrected chi connectivity index (χ4v) is 3.08. The van der Waals surface area contributed by atoms with Crippen molar-refractivity contribution < 1.29 is 9.59 Å². The molecular weight excluding hydrogens is 440 g/mol. The predicted molar refractivity (Wildman–Crippen MR) is 133 cm³/mol. The van der Waals surface area contributed by atoms with Gasteiger partial charge in [-0.15, -0.1) is 0 Å². The number of nitrogens with zero attached hydrogens (tertiary/aromatic N) is 3. The highest BCUT2D eigenvalue weighted by Gasteiger charge is 2.17. The number of rotatable bonds is 6. The topological polar surface area (TPSA) is 101 Å². The van der Waals surface area contributed by atoms with Crippen LogP contribution in [0.4, 0.5) is 17.2 Å². The van der Waals surface area contributed by atoms with E-state index in [2.05, 4.69) is 15.6 Å². The smallest absolute Gasteiger partial charge is 0.259 e. The van der Waals surface area contributed by atoms with Crippen LogP contribution in [0.15, 0.2) is 60.8 Å². The van der Waals surface area contributed by atoms with Gasteiger partial charge in [0.05, 0.1) is 16.3 Å². The summed E-state index contributed by atoms with van der Waals surface area (Å²) in [5, 5.41) is 14.0. The average Bonchev–Trinajstić information content (AvgIpc) is 2.80. The molecule has 0 spiro atoms. The quantitative estimate of drug-likeness (QED) is 0.375. The molecule has 0 unspecified atom stereocenters. The molecule has 0 aliphatic heterocycles. The van der Waals surface area contributed by atoms with Gasteiger partial charge >= 0.3 is 0 Å². The maximum Gasteiger partial charge on any atom is 0.259 e. The standard InChI is InChI=1S/C24H25ClN6O2/c1-30(2)18-10-11-20(19(13-18)24(33)29-21-12-9-17(25)14-27-21)28-23(32)16-7-5-15(6-8-16)22(26)31(3)4/h5-14,26H,1-4H3,(H,28,32)(H,27,29,33). The summed E-state index contributed by atoms with van der Waals surface area (Å²) in [4.78, 5) is 33.5. The number of hydrogen-bond donors (Lipinski definition) is 3. The van der Waals surface area contributed by atoms with Crippen molar-refractivity contribution in [1.29, 1.82) is 5.41 Å². The fraction of sp³-hybridized carbons (Fsp3) is 0.167. The van der Waals surface area contributed by atoms with Crippen molar-refractivity contribution in [3.63, 3.8) is 0 Å². The molecule has 3 aromatic rings. The number of benzene rings is 2. The van der Waals surface area contributed by atoms with Crippen LogP contribution in [0.2, 0.25) is 5.02 Å². The summed E-state index contributed by atoms with van der Waals surface area (Å²) in [6, 6.07) is 15.1. The molecule has 3 rings (SSSR count). The van der Waals surface area contributed by atoms with Gasteiger partial charge in [0, 0.05) is 51.2 Å². The van der Waals surface area contributed by atoms with E-state index >= 15 is 0 Å². The Hall–Kier alpha value is -3.91. The van der Waals surface area contributed by atoms with Crippen molar-refractivity contribution in [2.24, 2.45) is 0 Å². The molecule has 2 aromatic carbocycles. The van der Waals surface area contributed by atoms with E-state index in [0.717, 1.165) is 5.69 Å². The fourth-order valence-electron chi connectivity index (χ4n) is 2.97. The van der Waals surface area contributed by atoms with Crippen LogP contribution in [0.25, 0.3) is 0 Å². The second-order valence-electron chi connectivity index (χ2n) is 7.71. The third kappa shape index (κ3) is 5.87. The number of amides is 2. The number of nitrogens with one attached hydrogen (secondary N) is 3. The van der Waals surface area contributed by atoms with Crippen LogP contribution in [-0.2, 0) is 0 Å². The molecule has 0 bridgehead atoms. The van der Waals surface area contributed by atoms with Crippen molar-refractivity contribution in [3.8, 4) is 0 Å². The lowest BCUT2D eigenvalue weighted by atomic mass is 10.1. The Balaban J connectivity index is 1.85. The molecule has 8 nitrogen and oxygen atoms in total. The zero-order valence-corrected chi connectivity index (χ0v) is 19.6. The first-order valence-electron chi connectivity index (χ1n) is 10.1. The zero-order valence-electron chi connectivity index (χ0n) is 18.8. The second kappa shape index (κ2) is 10.1. The lowest BCUT2D eigenvalue weighted by Gasteiger charge is -2.17. The molecule has 2 amide bonds. The lowest BCUT2D eigenvalue weighted by molar-refractivity contribution is 0.102. The van der Waals surface area contributed by atoms with Crippen LogP contribution >= 0.6 is 11.6 Å². The number of hydrogen-bond acceptors (Lipinski definition) is 5. The molecule has 0 aliphatic rings. The summed E-state index contributed by atoms with van der Waals surface area (Å²) < 4.78 is 0. The van der Waals surface area contributed by atoms with Crippen molar-refractivity contribution in [2.45, 2.75) is 0 Å². The summed E-state index contributed by atoms with van der Waals surface area (Å²) in [5.74, 6) is -0.0975. The van der Waals surface area contributed by atoms with Crippen molar-refractivity contribution >= 4 is 46.4 Å². The maximum atomic E-state index is 13.0. The van der Waals surface area contributed by atoms with Gasteiger partial charge < -0.3 is 20.4 Å². The summed E-state index contributed by atoms with van der Waals surface area (Å²) in [7, 11) is 7.30. The van der Waals surface area contributed by atoms with E-state index in [9.17, 15) is 9.59 Å². The van der Waals surface area contributed by atoms with Crippen molar-refractivity contribution in [3.05, 3.63) is 82.5 Å². The van der Waals surface area contributed by atoms with Crippen LogP contribution in [0.5, 0.6) is 0 Å². The number of amidine groups is 1. The number of halogens is 1. The van der Waals surface area contributed by atoms with E-state index < -0.39 is 5.91 Å². The first-order valence-corrected chi connectivity index (χ1v) is 10.5. The molecule has 170 valence electrons. The zero-order chi connectivity index (χ0) is 24.1. The normalized spacial score (nSPS) is 10.3. The molecule has 0 saturated heterocycles. The Morgan fingerprint density at radius 1 is 0.879 bits per heavy atom. The van der Waals surface area contributed by atoms with Crippen LogP contribution in [0, 0.1) is 5.41 Å². The first-order chi connectivity index (χ1) is 15.7. The van der Waals surface area contributed by atoms with Crippen molar-refractivity contribution in [2.75, 3.05) is 43.7 Å². The minimum Gasteiger partial charge on any atom is -0.378 e. The van der Waals surface area contributed by atoms with Crippen LogP contribution in [0.3, 0.4) is 0 Å². The Bertz CT molecular complexity index is 1170. The van der Waals surface area contributed by atoms with E-state index in [1.54, 1.807) is 67.5 Å². The van der Waals surface area contributed by atoms with E-state index in [1.165, 1.54) is 6.20 Å². The molecular formula is C24H25ClN6O2. The number of pyridine rings is 1. The molecule has 9 heteroatoms. The largest absolute Gasteiger partial charge is 0.378 e. The highest BCUT2D eigenvalue weighted by molar-refractivity contribution is 6.30. The average molecular weight is 465 g/mol. The van der Waals surface area contributed by atoms with Gasteiger partial charge in [0.1, 0.15) is 11.7 Å². The molecule has 0 aliphatic carbocycles. The Labute approximate surface area is 197 Å². The molecule has 1 heterocycles. The van der Waals surface area contributed by atoms with Gasteiger partial charge in [0.25, 0.3) is 11.8 Å². The van der Waals surface area contributed by atoms with Gasteiger partial charge in [-0.1, -0.05) is 23.7 Å². The first kappa shape index (κ1) is 23.7. The Morgan fingerprint density at radius 2 is 1.55 bits per heavy atom. The molecule has 0 fully saturated rings. The monoisotopic (exact) mass is 464 g/mol. The number of carbonyl (C=O) groups excluding carboxylic acids is 2. The molecule has 0 radical (unpaired) electrons. The highest BCUT2D eigenvalue weighted by atomic mass is 35.5. The number of carbonyl (C=O) groups is 2. The Kier molecular flexibility index (Phi) is 7.30. The van der Waals surface area contributed by atoms with E-state index in [0.29, 0.717) is 33.5 Å². The highest BCUT2D eigenvalue weighted by Crippen LogP contribution is 2.24. The second-order valence-corrected chi connectivity index (χ2v) is 8.15. The third-order valence-electron chi connectivity index (χ3n) is 4.85. The summed E-state index contributed by atoms with van der Waals surface area (Å²) >= 11 is 5.86. The maximum absolute atomic E-state index is 13.0. The van der Waals surface area contributed by atoms with E-state index in [4.69, 9.17) is 17.0 Å². The van der Waals surface area contributed by atoms with Gasteiger partial charge in [0.15, 0.2) is 0 Å². The van der Waals surface area contributed by atoms with Gasteiger partial charge in [-0.05, 0) is 42.5 Å². The predicted octanol–water partition coefficient (Wildman–Crippen LogP) is 4.19. The molecule has 0 atom stereocenters. The Morgan fingerprint density at radius 3 is 2.12 bits per heavy atom. The molecule has 3 N–H and O–H groups in total. The lowest BCUT2D eigenvalue weighted by Crippen LogP contribution is -2.22. The molecule has 1 aromatic heterocycles. The SMILES string of the molecule is CN(C)C(=N)c1ccc(C(=O)Nc2ccc(N(C)C)cc2C(=O)Nc2ccc(Cl)cn2)cc1. The summed E-state index contributed by atoms with van der Waals surface area (Å²) in [6.45, 7) is 0. The van der Waals surface area contributed by atoms with Crippen LogP contribution < -0.4 is 15.5 Å². The summed E-state index contributed by atoms with van der Waals surface area (Å²) in [6.07, 6.45) is 1.44. The van der Waals surface area contributed by atoms with Gasteiger partial charge in [0.2, 0.25) is 0 Å². The summed E-state index contributed by atoms with van der Waals surface area (Å²) in [5.41, 5.74) is 2.56. The van der Waals surface area contributed by atoms with Gasteiger partial charge in [-0.3, -0.25) is 15.0 Å². The van der Waals surface area contributed by atoms with E-state index in [1.807, 2.05) is 25.1 Å². The molecule has 33 heavy (non-hydrogen) atoms. The van der Waals surface area contributed by atoms with E-state index in [-0.39, 0.29) is 11.5 Å². The molecule has 0 saturated carbocycles. The number of anilines is 3.